The van der Waals surface area contributed by atoms with Gasteiger partial charge in [-0.1, -0.05) is 25.8 Å². The molecule has 0 heterocycles. The molecule has 0 saturated carbocycles. The van der Waals surface area contributed by atoms with Crippen molar-refractivity contribution in [2.75, 3.05) is 13.7 Å². The molecule has 0 spiro atoms. The Balaban J connectivity index is 2.67. The van der Waals surface area contributed by atoms with E-state index in [0.29, 0.717) is 11.8 Å². The number of methoxy groups -OCH3 is 1. The Hall–Kier alpha value is -1.22. The summed E-state index contributed by atoms with van der Waals surface area (Å²) in [4.78, 5) is 2.46. The van der Waals surface area contributed by atoms with Crippen molar-refractivity contribution in [3.63, 3.8) is 0 Å². The molecule has 1 aromatic carbocycles. The predicted octanol–water partition coefficient (Wildman–Crippen LogP) is 3.80. The molecule has 0 unspecified atom stereocenters. The highest BCUT2D eigenvalue weighted by Gasteiger charge is 2.11. The Morgan fingerprint density at radius 1 is 1.26 bits per heavy atom. The summed E-state index contributed by atoms with van der Waals surface area (Å²) in [7, 11) is 1.58. The first-order chi connectivity index (χ1) is 9.08. The van der Waals surface area contributed by atoms with Crippen molar-refractivity contribution in [1.29, 1.82) is 0 Å². The third-order valence-corrected chi connectivity index (χ3v) is 3.41. The van der Waals surface area contributed by atoms with Gasteiger partial charge in [-0.2, -0.15) is 0 Å². The maximum absolute atomic E-state index is 9.61. The van der Waals surface area contributed by atoms with Gasteiger partial charge in [-0.25, -0.2) is 0 Å². The molecule has 3 heteroatoms. The summed E-state index contributed by atoms with van der Waals surface area (Å²) in [5, 5.41) is 9.61. The van der Waals surface area contributed by atoms with Crippen LogP contribution in [0.4, 0.5) is 0 Å². The van der Waals surface area contributed by atoms with Crippen molar-refractivity contribution in [1.82, 2.24) is 4.90 Å². The molecule has 0 aliphatic heterocycles. The summed E-state index contributed by atoms with van der Waals surface area (Å²) in [6.45, 7) is 8.70. The third kappa shape index (κ3) is 5.11. The van der Waals surface area contributed by atoms with Crippen LogP contribution < -0.4 is 4.74 Å². The van der Waals surface area contributed by atoms with Gasteiger partial charge in [0, 0.05) is 12.6 Å². The lowest BCUT2D eigenvalue weighted by Crippen LogP contribution is -2.31. The first-order valence-electron chi connectivity index (χ1n) is 7.18. The molecule has 0 saturated heterocycles. The number of phenolic OH excluding ortho intramolecular Hbond substituents is 1. The van der Waals surface area contributed by atoms with Gasteiger partial charge in [0.25, 0.3) is 0 Å². The molecule has 0 amide bonds. The normalized spacial score (nSPS) is 11.3. The second-order valence-electron chi connectivity index (χ2n) is 5.28. The lowest BCUT2D eigenvalue weighted by molar-refractivity contribution is 0.208. The molecule has 108 valence electrons. The van der Waals surface area contributed by atoms with Crippen LogP contribution in [-0.2, 0) is 6.54 Å². The summed E-state index contributed by atoms with van der Waals surface area (Å²) in [5.74, 6) is 0.753. The maximum Gasteiger partial charge on any atom is 0.160 e. The van der Waals surface area contributed by atoms with Crippen LogP contribution in [0, 0.1) is 0 Å². The fourth-order valence-corrected chi connectivity index (χ4v) is 2.14. The van der Waals surface area contributed by atoms with E-state index in [1.807, 2.05) is 12.1 Å². The summed E-state index contributed by atoms with van der Waals surface area (Å²) >= 11 is 0. The van der Waals surface area contributed by atoms with E-state index >= 15 is 0 Å². The maximum atomic E-state index is 9.61. The zero-order chi connectivity index (χ0) is 14.3. The van der Waals surface area contributed by atoms with Crippen LogP contribution in [0.1, 0.15) is 45.6 Å². The minimum absolute atomic E-state index is 0.202. The van der Waals surface area contributed by atoms with Crippen molar-refractivity contribution in [2.45, 2.75) is 52.6 Å². The van der Waals surface area contributed by atoms with Gasteiger partial charge in [0.15, 0.2) is 11.5 Å². The van der Waals surface area contributed by atoms with E-state index in [1.165, 1.54) is 24.8 Å². The summed E-state index contributed by atoms with van der Waals surface area (Å²) in [6.07, 6.45) is 3.77. The summed E-state index contributed by atoms with van der Waals surface area (Å²) in [5.41, 5.74) is 1.18. The fraction of sp³-hybridized carbons (Fsp3) is 0.625. The lowest BCUT2D eigenvalue weighted by atomic mass is 10.1. The van der Waals surface area contributed by atoms with Crippen molar-refractivity contribution in [3.05, 3.63) is 23.8 Å². The second-order valence-corrected chi connectivity index (χ2v) is 5.28. The number of unbranched alkanes of at least 4 members (excludes halogenated alkanes) is 2. The highest BCUT2D eigenvalue weighted by Crippen LogP contribution is 2.27. The first-order valence-corrected chi connectivity index (χ1v) is 7.18. The molecule has 1 aromatic rings. The molecular weight excluding hydrogens is 238 g/mol. The van der Waals surface area contributed by atoms with Crippen LogP contribution in [-0.4, -0.2) is 29.7 Å². The minimum Gasteiger partial charge on any atom is -0.504 e. The van der Waals surface area contributed by atoms with Crippen LogP contribution in [0.3, 0.4) is 0 Å². The second kappa shape index (κ2) is 8.05. The predicted molar refractivity (Wildman–Crippen MR) is 79.7 cm³/mol. The largest absolute Gasteiger partial charge is 0.504 e. The standard InChI is InChI=1S/C16H27NO2/c1-5-6-7-10-17(13(2)3)12-14-8-9-15(18)16(11-14)19-4/h8-9,11,13,18H,5-7,10,12H2,1-4H3. The molecular formula is C16H27NO2. The zero-order valence-electron chi connectivity index (χ0n) is 12.6. The number of hydrogen-bond acceptors (Lipinski definition) is 3. The molecule has 1 rings (SSSR count). The van der Waals surface area contributed by atoms with E-state index in [2.05, 4.69) is 25.7 Å². The molecule has 0 aliphatic carbocycles. The van der Waals surface area contributed by atoms with Crippen molar-refractivity contribution in [3.8, 4) is 11.5 Å². The van der Waals surface area contributed by atoms with E-state index < -0.39 is 0 Å². The summed E-state index contributed by atoms with van der Waals surface area (Å²) in [6, 6.07) is 6.12. The SMILES string of the molecule is CCCCCN(Cc1ccc(O)c(OC)c1)C(C)C. The lowest BCUT2D eigenvalue weighted by Gasteiger charge is -2.26. The number of ether oxygens (including phenoxy) is 1. The number of hydrogen-bond donors (Lipinski definition) is 1. The van der Waals surface area contributed by atoms with E-state index in [-0.39, 0.29) is 5.75 Å². The molecule has 0 aliphatic rings. The topological polar surface area (TPSA) is 32.7 Å². The van der Waals surface area contributed by atoms with Crippen molar-refractivity contribution in [2.24, 2.45) is 0 Å². The zero-order valence-corrected chi connectivity index (χ0v) is 12.6. The smallest absolute Gasteiger partial charge is 0.160 e. The van der Waals surface area contributed by atoms with Crippen LogP contribution in [0.2, 0.25) is 0 Å². The number of rotatable bonds is 8. The van der Waals surface area contributed by atoms with Gasteiger partial charge in [0.05, 0.1) is 7.11 Å². The van der Waals surface area contributed by atoms with Gasteiger partial charge in [0.2, 0.25) is 0 Å². The van der Waals surface area contributed by atoms with Crippen LogP contribution >= 0.6 is 0 Å². The fourth-order valence-electron chi connectivity index (χ4n) is 2.14. The summed E-state index contributed by atoms with van der Waals surface area (Å²) < 4.78 is 5.16. The Kier molecular flexibility index (Phi) is 6.71. The average molecular weight is 265 g/mol. The molecule has 0 fully saturated rings. The van der Waals surface area contributed by atoms with E-state index in [4.69, 9.17) is 4.74 Å². The van der Waals surface area contributed by atoms with E-state index in [9.17, 15) is 5.11 Å². The highest BCUT2D eigenvalue weighted by molar-refractivity contribution is 5.41. The quantitative estimate of drug-likeness (QED) is 0.726. The number of nitrogens with zero attached hydrogens (tertiary/aromatic N) is 1. The van der Waals surface area contributed by atoms with Crippen LogP contribution in [0.15, 0.2) is 18.2 Å². The molecule has 1 N–H and O–H groups in total. The van der Waals surface area contributed by atoms with Crippen molar-refractivity contribution < 1.29 is 9.84 Å². The Morgan fingerprint density at radius 3 is 2.58 bits per heavy atom. The monoisotopic (exact) mass is 265 g/mol. The van der Waals surface area contributed by atoms with E-state index in [0.717, 1.165) is 13.1 Å². The Morgan fingerprint density at radius 2 is 2.00 bits per heavy atom. The molecule has 3 nitrogen and oxygen atoms in total. The molecule has 0 atom stereocenters. The van der Waals surface area contributed by atoms with Crippen molar-refractivity contribution >= 4 is 0 Å². The third-order valence-electron chi connectivity index (χ3n) is 3.41. The Bertz CT molecular complexity index is 377. The minimum atomic E-state index is 0.202. The number of benzene rings is 1. The van der Waals surface area contributed by atoms with E-state index in [1.54, 1.807) is 13.2 Å². The molecule has 0 aromatic heterocycles. The average Bonchev–Trinajstić information content (AvgIpc) is 2.39. The molecule has 0 bridgehead atoms. The van der Waals surface area contributed by atoms with Gasteiger partial charge in [0.1, 0.15) is 0 Å². The molecule has 0 radical (unpaired) electrons. The van der Waals surface area contributed by atoms with Gasteiger partial charge in [-0.05, 0) is 44.5 Å². The van der Waals surface area contributed by atoms with Gasteiger partial charge >= 0.3 is 0 Å². The van der Waals surface area contributed by atoms with Crippen LogP contribution in [0.25, 0.3) is 0 Å². The van der Waals surface area contributed by atoms with Crippen LogP contribution in [0.5, 0.6) is 11.5 Å². The van der Waals surface area contributed by atoms with Gasteiger partial charge < -0.3 is 9.84 Å². The number of aromatic hydroxyl groups is 1. The Labute approximate surface area is 117 Å². The number of phenols is 1. The first kappa shape index (κ1) is 15.8. The van der Waals surface area contributed by atoms with Gasteiger partial charge in [-0.3, -0.25) is 4.90 Å². The molecule has 19 heavy (non-hydrogen) atoms. The highest BCUT2D eigenvalue weighted by atomic mass is 16.5. The van der Waals surface area contributed by atoms with Gasteiger partial charge in [-0.15, -0.1) is 0 Å².